The maximum absolute atomic E-state index is 15.5. The van der Waals surface area contributed by atoms with E-state index in [1.165, 1.54) is 6.20 Å². The summed E-state index contributed by atoms with van der Waals surface area (Å²) in [5, 5.41) is 12.5. The largest absolute Gasteiger partial charge is 0.488 e. The van der Waals surface area contributed by atoms with Gasteiger partial charge in [0.1, 0.15) is 11.3 Å². The Morgan fingerprint density at radius 3 is 2.89 bits per heavy atom. The second-order valence-corrected chi connectivity index (χ2v) is 9.62. The van der Waals surface area contributed by atoms with Gasteiger partial charge in [-0.2, -0.15) is 0 Å². The molecule has 182 valence electrons. The van der Waals surface area contributed by atoms with Crippen molar-refractivity contribution >= 4 is 39.3 Å². The van der Waals surface area contributed by atoms with Crippen LogP contribution in [0.25, 0.3) is 21.9 Å². The number of carbonyl (C=O) groups is 1. The van der Waals surface area contributed by atoms with Crippen molar-refractivity contribution in [2.75, 3.05) is 24.2 Å². The van der Waals surface area contributed by atoms with Crippen LogP contribution in [0.2, 0.25) is 0 Å². The van der Waals surface area contributed by atoms with E-state index >= 15 is 4.39 Å². The van der Waals surface area contributed by atoms with Crippen molar-refractivity contribution in [1.82, 2.24) is 14.1 Å². The Morgan fingerprint density at radius 1 is 1.34 bits per heavy atom. The van der Waals surface area contributed by atoms with E-state index in [1.807, 2.05) is 42.7 Å². The molecule has 3 heterocycles. The van der Waals surface area contributed by atoms with Crippen molar-refractivity contribution in [3.05, 3.63) is 58.4 Å². The van der Waals surface area contributed by atoms with E-state index in [0.717, 1.165) is 11.0 Å². The van der Waals surface area contributed by atoms with Gasteiger partial charge in [-0.25, -0.2) is 14.2 Å². The van der Waals surface area contributed by atoms with Crippen molar-refractivity contribution in [3.63, 3.8) is 0 Å². The number of nitrogen functional groups attached to an aromatic ring is 1. The second-order valence-electron chi connectivity index (χ2n) is 9.62. The first-order valence-electron chi connectivity index (χ1n) is 11.4. The molecular weight excluding hydrogens is 453 g/mol. The van der Waals surface area contributed by atoms with E-state index in [0.29, 0.717) is 31.6 Å². The molecule has 0 atom stereocenters. The maximum atomic E-state index is 15.5. The molecule has 0 saturated heterocycles. The fourth-order valence-electron chi connectivity index (χ4n) is 4.62. The minimum atomic E-state index is -1.39. The predicted molar refractivity (Wildman–Crippen MR) is 132 cm³/mol. The number of fused-ring (bicyclic) bond motifs is 1. The number of rotatable bonds is 6. The number of imidazole rings is 1. The van der Waals surface area contributed by atoms with Gasteiger partial charge in [-0.05, 0) is 18.6 Å². The molecule has 2 aromatic heterocycles. The number of halogens is 1. The first-order valence-corrected chi connectivity index (χ1v) is 11.4. The second kappa shape index (κ2) is 8.30. The lowest BCUT2D eigenvalue weighted by Crippen LogP contribution is -2.26. The van der Waals surface area contributed by atoms with E-state index in [4.69, 9.17) is 10.5 Å². The number of pyridine rings is 1. The molecule has 35 heavy (non-hydrogen) atoms. The molecule has 1 aliphatic heterocycles. The number of hydrogen-bond donors (Lipinski definition) is 3. The van der Waals surface area contributed by atoms with Gasteiger partial charge in [0.2, 0.25) is 5.43 Å². The number of aryl methyl sites for hydroxylation is 1. The summed E-state index contributed by atoms with van der Waals surface area (Å²) in [6, 6.07) is 7.82. The van der Waals surface area contributed by atoms with Crippen LogP contribution in [-0.4, -0.2) is 38.3 Å². The fraction of sp³-hybridized carbons (Fsp3) is 0.320. The topological polar surface area (TPSA) is 124 Å². The van der Waals surface area contributed by atoms with E-state index < -0.39 is 33.9 Å². The molecule has 0 amide bonds. The van der Waals surface area contributed by atoms with Gasteiger partial charge in [-0.15, -0.1) is 0 Å². The van der Waals surface area contributed by atoms with Crippen LogP contribution in [0.3, 0.4) is 0 Å². The summed E-state index contributed by atoms with van der Waals surface area (Å²) < 4.78 is 25.2. The molecule has 4 N–H and O–H groups in total. The van der Waals surface area contributed by atoms with Crippen LogP contribution in [0.5, 0.6) is 5.75 Å². The van der Waals surface area contributed by atoms with Crippen LogP contribution in [-0.2, 0) is 13.1 Å². The van der Waals surface area contributed by atoms with E-state index in [-0.39, 0.29) is 23.4 Å². The highest BCUT2D eigenvalue weighted by Crippen LogP contribution is 2.43. The maximum Gasteiger partial charge on any atom is 0.341 e. The number of para-hydroxylation sites is 2. The first kappa shape index (κ1) is 22.7. The zero-order valence-corrected chi connectivity index (χ0v) is 19.5. The Bertz CT molecular complexity index is 1540. The number of anilines is 2. The number of carboxylic acid groups (broad SMARTS) is 1. The van der Waals surface area contributed by atoms with Crippen molar-refractivity contribution in [1.29, 1.82) is 0 Å². The quantitative estimate of drug-likeness (QED) is 0.285. The lowest BCUT2D eigenvalue weighted by Gasteiger charge is -2.22. The zero-order chi connectivity index (χ0) is 24.9. The van der Waals surface area contributed by atoms with E-state index in [1.54, 1.807) is 10.9 Å². The van der Waals surface area contributed by atoms with Crippen LogP contribution in [0.1, 0.15) is 30.6 Å². The van der Waals surface area contributed by atoms with Crippen molar-refractivity contribution in [3.8, 4) is 5.75 Å². The summed E-state index contributed by atoms with van der Waals surface area (Å²) in [7, 11) is 0. The molecular formula is C25H26FN5O4. The van der Waals surface area contributed by atoms with Gasteiger partial charge >= 0.3 is 5.97 Å². The normalized spacial score (nSPS) is 14.6. The van der Waals surface area contributed by atoms with E-state index in [2.05, 4.69) is 10.3 Å². The summed E-state index contributed by atoms with van der Waals surface area (Å²) >= 11 is 0. The highest BCUT2D eigenvalue weighted by atomic mass is 19.1. The molecule has 0 fully saturated rings. The Hall–Kier alpha value is -4.08. The summed E-state index contributed by atoms with van der Waals surface area (Å²) in [5.74, 6) is -2.05. The smallest absolute Gasteiger partial charge is 0.341 e. The van der Waals surface area contributed by atoms with Gasteiger partial charge < -0.3 is 30.0 Å². The third kappa shape index (κ3) is 3.84. The zero-order valence-electron chi connectivity index (χ0n) is 19.5. The van der Waals surface area contributed by atoms with Gasteiger partial charge in [-0.3, -0.25) is 4.79 Å². The van der Waals surface area contributed by atoms with Gasteiger partial charge in [0.05, 0.1) is 40.6 Å². The van der Waals surface area contributed by atoms with Gasteiger partial charge in [0.15, 0.2) is 11.6 Å². The minimum Gasteiger partial charge on any atom is -0.488 e. The summed E-state index contributed by atoms with van der Waals surface area (Å²) in [6.07, 6.45) is 3.72. The molecule has 0 aliphatic carbocycles. The Morgan fingerprint density at radius 2 is 2.11 bits per heavy atom. The molecule has 0 bridgehead atoms. The highest BCUT2D eigenvalue weighted by molar-refractivity contribution is 6.03. The Balaban J connectivity index is 1.52. The highest BCUT2D eigenvalue weighted by Gasteiger charge is 2.32. The van der Waals surface area contributed by atoms with Gasteiger partial charge in [0, 0.05) is 31.2 Å². The number of ether oxygens (including phenoxy) is 1. The van der Waals surface area contributed by atoms with Crippen LogP contribution < -0.4 is 21.2 Å². The van der Waals surface area contributed by atoms with Gasteiger partial charge in [0.25, 0.3) is 0 Å². The number of aromatic carboxylic acids is 1. The molecule has 9 nitrogen and oxygen atoms in total. The molecule has 0 unspecified atom stereocenters. The number of nitrogens with two attached hydrogens (primary N) is 1. The fourth-order valence-corrected chi connectivity index (χ4v) is 4.62. The van der Waals surface area contributed by atoms with E-state index in [9.17, 15) is 14.7 Å². The third-order valence-electron chi connectivity index (χ3n) is 6.29. The number of benzene rings is 2. The monoisotopic (exact) mass is 479 g/mol. The van der Waals surface area contributed by atoms with Crippen molar-refractivity contribution in [2.45, 2.75) is 33.4 Å². The SMILES string of the molecule is CC1(C)COc2c(NCCCn3cnc4ccccc43)c(F)c(N)c3c(=O)c(C(=O)O)cn(c23)C1. The van der Waals surface area contributed by atoms with Crippen LogP contribution in [0.15, 0.2) is 41.6 Å². The lowest BCUT2D eigenvalue weighted by molar-refractivity contribution is 0.0694. The van der Waals surface area contributed by atoms with Crippen molar-refractivity contribution < 1.29 is 19.0 Å². The van der Waals surface area contributed by atoms with Crippen LogP contribution in [0, 0.1) is 11.2 Å². The average molecular weight is 480 g/mol. The molecule has 1 aliphatic rings. The molecule has 0 saturated carbocycles. The Labute approximate surface area is 199 Å². The molecule has 10 heteroatoms. The van der Waals surface area contributed by atoms with Crippen LogP contribution in [0.4, 0.5) is 15.8 Å². The molecule has 2 aromatic carbocycles. The number of aromatic nitrogens is 3. The number of hydrogen-bond acceptors (Lipinski definition) is 6. The molecule has 0 spiro atoms. The summed E-state index contributed by atoms with van der Waals surface area (Å²) in [4.78, 5) is 29.0. The first-order chi connectivity index (χ1) is 16.7. The summed E-state index contributed by atoms with van der Waals surface area (Å²) in [5.41, 5.74) is 6.29. The molecule has 0 radical (unpaired) electrons. The number of carboxylic acids is 1. The molecule has 5 rings (SSSR count). The average Bonchev–Trinajstić information content (AvgIpc) is 3.17. The lowest BCUT2D eigenvalue weighted by atomic mass is 9.94. The minimum absolute atomic E-state index is 0.0689. The van der Waals surface area contributed by atoms with Gasteiger partial charge in [-0.1, -0.05) is 26.0 Å². The van der Waals surface area contributed by atoms with Crippen LogP contribution >= 0.6 is 0 Å². The predicted octanol–water partition coefficient (Wildman–Crippen LogP) is 3.69. The molecule has 4 aromatic rings. The van der Waals surface area contributed by atoms with Crippen molar-refractivity contribution in [2.24, 2.45) is 5.41 Å². The standard InChI is InChI=1S/C25H26FN5O4/c1-25(2)11-31-10-14(24(33)34)22(32)17-19(27)18(26)20(23(21(17)31)35-12-25)28-8-5-9-30-13-29-15-6-3-4-7-16(15)30/h3-4,6-7,10,13,28H,5,8-9,11-12,27H2,1-2H3,(H,33,34). The number of nitrogens with zero attached hydrogens (tertiary/aromatic N) is 3. The summed E-state index contributed by atoms with van der Waals surface area (Å²) in [6.45, 7) is 5.59. The third-order valence-corrected chi connectivity index (χ3v) is 6.29. The number of nitrogens with one attached hydrogen (secondary N) is 1. The Kier molecular flexibility index (Phi) is 5.38.